The summed E-state index contributed by atoms with van der Waals surface area (Å²) in [7, 11) is -2.56. The van der Waals surface area contributed by atoms with Crippen LogP contribution >= 0.6 is 0 Å². The highest BCUT2D eigenvalue weighted by atomic mass is 32.2. The summed E-state index contributed by atoms with van der Waals surface area (Å²) in [6.07, 6.45) is -0.103. The summed E-state index contributed by atoms with van der Waals surface area (Å²) < 4.78 is 30.7. The molecule has 134 valence electrons. The van der Waals surface area contributed by atoms with E-state index in [1.807, 2.05) is 36.4 Å². The van der Waals surface area contributed by atoms with Crippen LogP contribution in [-0.2, 0) is 21.1 Å². The Morgan fingerprint density at radius 2 is 1.65 bits per heavy atom. The van der Waals surface area contributed by atoms with Gasteiger partial charge in [0, 0.05) is 6.42 Å². The molecule has 1 N–H and O–H groups in total. The van der Waals surface area contributed by atoms with Crippen molar-refractivity contribution in [1.29, 1.82) is 0 Å². The van der Waals surface area contributed by atoms with Gasteiger partial charge in [-0.25, -0.2) is 8.42 Å². The molecule has 0 aliphatic carbocycles. The zero-order valence-corrected chi connectivity index (χ0v) is 14.9. The second kappa shape index (κ2) is 7.17. The number of carbonyl (C=O) groups is 1. The van der Waals surface area contributed by atoms with Crippen molar-refractivity contribution in [1.82, 2.24) is 0 Å². The monoisotopic (exact) mass is 370 g/mol. The highest BCUT2D eigenvalue weighted by Crippen LogP contribution is 2.24. The van der Waals surface area contributed by atoms with Crippen LogP contribution in [0.3, 0.4) is 0 Å². The minimum Gasteiger partial charge on any atom is -0.497 e. The molecule has 0 aromatic heterocycles. The van der Waals surface area contributed by atoms with Crippen LogP contribution in [0.25, 0.3) is 10.8 Å². The maximum Gasteiger partial charge on any atom is 0.322 e. The Kier molecular flexibility index (Phi) is 4.95. The van der Waals surface area contributed by atoms with Crippen molar-refractivity contribution in [2.75, 3.05) is 7.11 Å². The lowest BCUT2D eigenvalue weighted by molar-refractivity contribution is -0.136. The van der Waals surface area contributed by atoms with Gasteiger partial charge in [-0.05, 0) is 40.6 Å². The van der Waals surface area contributed by atoms with Crippen molar-refractivity contribution in [3.05, 3.63) is 72.3 Å². The number of methoxy groups -OCH3 is 1. The second-order valence-electron chi connectivity index (χ2n) is 5.93. The fourth-order valence-corrected chi connectivity index (χ4v) is 4.36. The van der Waals surface area contributed by atoms with Gasteiger partial charge in [-0.1, -0.05) is 42.5 Å². The summed E-state index contributed by atoms with van der Waals surface area (Å²) in [5, 5.41) is 9.94. The summed E-state index contributed by atoms with van der Waals surface area (Å²) in [5.74, 6) is -0.862. The summed E-state index contributed by atoms with van der Waals surface area (Å²) in [6.45, 7) is 0. The number of carboxylic acid groups (broad SMARTS) is 1. The molecule has 5 nitrogen and oxygen atoms in total. The van der Waals surface area contributed by atoms with E-state index in [2.05, 4.69) is 0 Å². The van der Waals surface area contributed by atoms with E-state index < -0.39 is 21.1 Å². The smallest absolute Gasteiger partial charge is 0.322 e. The number of sulfone groups is 1. The van der Waals surface area contributed by atoms with Crippen LogP contribution in [0.15, 0.2) is 71.6 Å². The lowest BCUT2D eigenvalue weighted by Crippen LogP contribution is -2.32. The van der Waals surface area contributed by atoms with Crippen molar-refractivity contribution in [2.45, 2.75) is 16.6 Å². The highest BCUT2D eigenvalue weighted by Gasteiger charge is 2.34. The Morgan fingerprint density at radius 3 is 2.27 bits per heavy atom. The van der Waals surface area contributed by atoms with Gasteiger partial charge >= 0.3 is 5.97 Å². The van der Waals surface area contributed by atoms with Crippen LogP contribution in [0.4, 0.5) is 0 Å². The molecule has 0 aliphatic heterocycles. The normalized spacial score (nSPS) is 12.7. The molecule has 0 spiro atoms. The molecule has 0 aliphatic rings. The van der Waals surface area contributed by atoms with Gasteiger partial charge in [0.2, 0.25) is 0 Å². The van der Waals surface area contributed by atoms with Crippen molar-refractivity contribution in [2.24, 2.45) is 0 Å². The molecule has 0 fully saturated rings. The van der Waals surface area contributed by atoms with Crippen molar-refractivity contribution >= 4 is 26.6 Å². The Balaban J connectivity index is 1.95. The number of fused-ring (bicyclic) bond motifs is 1. The standard InChI is InChI=1S/C20H18O5S/c1-25-17-8-10-18(11-9-17)26(23,24)19(20(21)22)13-14-6-7-15-4-2-3-5-16(15)12-14/h2-12,19H,13H2,1H3,(H,21,22)/t19-/m1/s1. The van der Waals surface area contributed by atoms with Gasteiger partial charge in [-0.2, -0.15) is 0 Å². The molecule has 0 heterocycles. The largest absolute Gasteiger partial charge is 0.497 e. The van der Waals surface area contributed by atoms with E-state index in [1.165, 1.54) is 31.4 Å². The second-order valence-corrected chi connectivity index (χ2v) is 8.06. The zero-order valence-electron chi connectivity index (χ0n) is 14.1. The molecule has 3 aromatic carbocycles. The topological polar surface area (TPSA) is 80.7 Å². The molecule has 0 saturated carbocycles. The maximum absolute atomic E-state index is 12.8. The molecule has 0 unspecified atom stereocenters. The Morgan fingerprint density at radius 1 is 1.00 bits per heavy atom. The molecule has 1 atom stereocenters. The van der Waals surface area contributed by atoms with Gasteiger partial charge < -0.3 is 9.84 Å². The van der Waals surface area contributed by atoms with Gasteiger partial charge in [-0.3, -0.25) is 4.79 Å². The summed E-state index contributed by atoms with van der Waals surface area (Å²) in [4.78, 5) is 11.7. The highest BCUT2D eigenvalue weighted by molar-refractivity contribution is 7.92. The third-order valence-corrected chi connectivity index (χ3v) is 6.32. The van der Waals surface area contributed by atoms with E-state index in [4.69, 9.17) is 4.74 Å². The average molecular weight is 370 g/mol. The Hall–Kier alpha value is -2.86. The van der Waals surface area contributed by atoms with Crippen LogP contribution in [0.1, 0.15) is 5.56 Å². The molecular weight excluding hydrogens is 352 g/mol. The summed E-state index contributed by atoms with van der Waals surface area (Å²) in [5.41, 5.74) is 0.660. The van der Waals surface area contributed by atoms with E-state index in [9.17, 15) is 18.3 Å². The van der Waals surface area contributed by atoms with Gasteiger partial charge in [0.15, 0.2) is 15.1 Å². The summed E-state index contributed by atoms with van der Waals surface area (Å²) in [6, 6.07) is 18.8. The third-order valence-electron chi connectivity index (χ3n) is 4.27. The third kappa shape index (κ3) is 3.55. The van der Waals surface area contributed by atoms with Crippen molar-refractivity contribution in [3.8, 4) is 5.75 Å². The number of benzene rings is 3. The molecule has 0 saturated heterocycles. The fraction of sp³-hybridized carbons (Fsp3) is 0.150. The molecule has 26 heavy (non-hydrogen) atoms. The van der Waals surface area contributed by atoms with E-state index in [1.54, 1.807) is 6.07 Å². The van der Waals surface area contributed by atoms with Crippen LogP contribution in [-0.4, -0.2) is 31.9 Å². The van der Waals surface area contributed by atoms with Gasteiger partial charge in [0.1, 0.15) is 5.75 Å². The van der Waals surface area contributed by atoms with Crippen LogP contribution in [0.2, 0.25) is 0 Å². The molecule has 0 radical (unpaired) electrons. The maximum atomic E-state index is 12.8. The van der Waals surface area contributed by atoms with Gasteiger partial charge in [0.05, 0.1) is 12.0 Å². The van der Waals surface area contributed by atoms with E-state index >= 15 is 0 Å². The first-order valence-electron chi connectivity index (χ1n) is 8.00. The molecule has 0 amide bonds. The minimum atomic E-state index is -4.03. The quantitative estimate of drug-likeness (QED) is 0.720. The number of hydrogen-bond acceptors (Lipinski definition) is 4. The Labute approximate surface area is 151 Å². The SMILES string of the molecule is COc1ccc(S(=O)(=O)[C@H](Cc2ccc3ccccc3c2)C(=O)O)cc1. The van der Waals surface area contributed by atoms with E-state index in [0.29, 0.717) is 11.3 Å². The predicted molar refractivity (Wildman–Crippen MR) is 99.3 cm³/mol. The predicted octanol–water partition coefficient (Wildman–Crippen LogP) is 3.32. The van der Waals surface area contributed by atoms with Gasteiger partial charge in [0.25, 0.3) is 0 Å². The number of hydrogen-bond donors (Lipinski definition) is 1. The number of aliphatic carboxylic acids is 1. The number of carboxylic acids is 1. The average Bonchev–Trinajstić information content (AvgIpc) is 2.65. The lowest BCUT2D eigenvalue weighted by Gasteiger charge is -2.14. The minimum absolute atomic E-state index is 0.0357. The zero-order chi connectivity index (χ0) is 18.7. The first-order chi connectivity index (χ1) is 12.4. The van der Waals surface area contributed by atoms with E-state index in [0.717, 1.165) is 10.8 Å². The molecular formula is C20H18O5S. The van der Waals surface area contributed by atoms with Crippen LogP contribution < -0.4 is 4.74 Å². The molecule has 0 bridgehead atoms. The first kappa shape index (κ1) is 17.9. The molecule has 3 rings (SSSR count). The summed E-state index contributed by atoms with van der Waals surface area (Å²) >= 11 is 0. The van der Waals surface area contributed by atoms with Crippen molar-refractivity contribution in [3.63, 3.8) is 0 Å². The Bertz CT molecular complexity index is 1040. The number of ether oxygens (including phenoxy) is 1. The first-order valence-corrected chi connectivity index (χ1v) is 9.55. The molecule has 3 aromatic rings. The van der Waals surface area contributed by atoms with E-state index in [-0.39, 0.29) is 11.3 Å². The fourth-order valence-electron chi connectivity index (χ4n) is 2.84. The molecule has 6 heteroatoms. The lowest BCUT2D eigenvalue weighted by atomic mass is 10.0. The van der Waals surface area contributed by atoms with Crippen LogP contribution in [0.5, 0.6) is 5.75 Å². The number of rotatable bonds is 6. The van der Waals surface area contributed by atoms with Crippen molar-refractivity contribution < 1.29 is 23.1 Å². The van der Waals surface area contributed by atoms with Gasteiger partial charge in [-0.15, -0.1) is 0 Å². The van der Waals surface area contributed by atoms with Crippen LogP contribution in [0, 0.1) is 0 Å².